The fraction of sp³-hybridized carbons (Fsp3) is 0.471. The van der Waals surface area contributed by atoms with Gasteiger partial charge in [0.25, 0.3) is 0 Å². The quantitative estimate of drug-likeness (QED) is 0.604. The van der Waals surface area contributed by atoms with Crippen LogP contribution in [0.5, 0.6) is 5.75 Å². The lowest BCUT2D eigenvalue weighted by Gasteiger charge is -2.17. The number of nitrogens with two attached hydrogens (primary N) is 1. The Balaban J connectivity index is 1.96. The van der Waals surface area contributed by atoms with Gasteiger partial charge in [-0.1, -0.05) is 50.7 Å². The minimum Gasteiger partial charge on any atom is -0.496 e. The minimum absolute atomic E-state index is 0.108. The number of nitrogens with one attached hydrogen (secondary N) is 1. The number of rotatable bonds is 6. The van der Waals surface area contributed by atoms with Crippen molar-refractivity contribution in [3.8, 4) is 5.75 Å². The summed E-state index contributed by atoms with van der Waals surface area (Å²) >= 11 is 1.26. The van der Waals surface area contributed by atoms with Gasteiger partial charge in [0.05, 0.1) is 18.9 Å². The average molecular weight is 363 g/mol. The number of hydrogen-bond acceptors (Lipinski definition) is 6. The van der Waals surface area contributed by atoms with Crippen LogP contribution in [0, 0.1) is 0 Å². The van der Waals surface area contributed by atoms with E-state index in [4.69, 9.17) is 10.6 Å². The lowest BCUT2D eigenvalue weighted by Crippen LogP contribution is -2.29. The maximum absolute atomic E-state index is 12.2. The average Bonchev–Trinajstić information content (AvgIpc) is 2.93. The Hall–Kier alpha value is -2.22. The number of hydrogen-bond donors (Lipinski definition) is 2. The van der Waals surface area contributed by atoms with Crippen molar-refractivity contribution in [3.05, 3.63) is 35.7 Å². The predicted octanol–water partition coefficient (Wildman–Crippen LogP) is 2.27. The van der Waals surface area contributed by atoms with E-state index in [2.05, 4.69) is 15.5 Å². The molecule has 1 unspecified atom stereocenters. The maximum Gasteiger partial charge on any atom is 0.230 e. The minimum atomic E-state index is -0.207. The highest BCUT2D eigenvalue weighted by molar-refractivity contribution is 7.99. The van der Waals surface area contributed by atoms with E-state index in [0.29, 0.717) is 11.0 Å². The molecule has 0 aliphatic carbocycles. The number of carbonyl (C=O) groups is 1. The van der Waals surface area contributed by atoms with Gasteiger partial charge in [0.1, 0.15) is 5.75 Å². The SMILES string of the molecule is COc1ccccc1C(C)NC(=O)CSc1nnc(C(C)(C)C)n1N. The Morgan fingerprint density at radius 1 is 1.36 bits per heavy atom. The summed E-state index contributed by atoms with van der Waals surface area (Å²) in [7, 11) is 1.62. The Bertz CT molecular complexity index is 739. The molecule has 0 bridgehead atoms. The highest BCUT2D eigenvalue weighted by Gasteiger charge is 2.23. The van der Waals surface area contributed by atoms with Crippen molar-refractivity contribution in [1.82, 2.24) is 20.2 Å². The number of methoxy groups -OCH3 is 1. The number of amides is 1. The number of para-hydroxylation sites is 1. The molecule has 2 rings (SSSR count). The molecular formula is C17H25N5O2S. The summed E-state index contributed by atoms with van der Waals surface area (Å²) in [5.41, 5.74) is 0.724. The first kappa shape index (κ1) is 19.1. The highest BCUT2D eigenvalue weighted by atomic mass is 32.2. The number of thioether (sulfide) groups is 1. The third-order valence-electron chi connectivity index (χ3n) is 3.65. The van der Waals surface area contributed by atoms with Gasteiger partial charge in [-0.3, -0.25) is 4.79 Å². The number of nitrogen functional groups attached to an aromatic ring is 1. The van der Waals surface area contributed by atoms with Gasteiger partial charge < -0.3 is 15.9 Å². The molecule has 2 aromatic rings. The summed E-state index contributed by atoms with van der Waals surface area (Å²) in [6, 6.07) is 7.46. The number of ether oxygens (including phenoxy) is 1. The largest absolute Gasteiger partial charge is 0.496 e. The van der Waals surface area contributed by atoms with Crippen LogP contribution in [0.15, 0.2) is 29.4 Å². The molecule has 1 amide bonds. The van der Waals surface area contributed by atoms with E-state index in [1.807, 2.05) is 52.0 Å². The van der Waals surface area contributed by atoms with E-state index in [0.717, 1.165) is 11.3 Å². The third kappa shape index (κ3) is 4.66. The van der Waals surface area contributed by atoms with Gasteiger partial charge in [-0.15, -0.1) is 10.2 Å². The van der Waals surface area contributed by atoms with Crippen molar-refractivity contribution in [3.63, 3.8) is 0 Å². The second-order valence-electron chi connectivity index (χ2n) is 6.75. The fourth-order valence-electron chi connectivity index (χ4n) is 2.40. The summed E-state index contributed by atoms with van der Waals surface area (Å²) in [5, 5.41) is 11.7. The van der Waals surface area contributed by atoms with E-state index in [9.17, 15) is 4.79 Å². The number of nitrogens with zero attached hydrogens (tertiary/aromatic N) is 3. The second kappa shape index (κ2) is 7.77. The topological polar surface area (TPSA) is 95.1 Å². The molecule has 1 heterocycles. The zero-order valence-corrected chi connectivity index (χ0v) is 16.1. The molecule has 0 spiro atoms. The van der Waals surface area contributed by atoms with Gasteiger partial charge in [0.15, 0.2) is 5.82 Å². The van der Waals surface area contributed by atoms with Crippen molar-refractivity contribution in [2.24, 2.45) is 0 Å². The molecule has 3 N–H and O–H groups in total. The molecule has 0 saturated carbocycles. The smallest absolute Gasteiger partial charge is 0.230 e. The summed E-state index contributed by atoms with van der Waals surface area (Å²) < 4.78 is 6.78. The maximum atomic E-state index is 12.2. The second-order valence-corrected chi connectivity index (χ2v) is 7.69. The van der Waals surface area contributed by atoms with Crippen LogP contribution in [-0.2, 0) is 10.2 Å². The lowest BCUT2D eigenvalue weighted by atomic mass is 9.96. The Labute approximate surface area is 152 Å². The molecule has 7 nitrogen and oxygen atoms in total. The standard InChI is InChI=1S/C17H25N5O2S/c1-11(12-8-6-7-9-13(12)24-5)19-14(23)10-25-16-21-20-15(22(16)18)17(2,3)4/h6-9,11H,10,18H2,1-5H3,(H,19,23). The van der Waals surface area contributed by atoms with Crippen LogP contribution in [0.2, 0.25) is 0 Å². The molecule has 0 aliphatic heterocycles. The number of aromatic nitrogens is 3. The van der Waals surface area contributed by atoms with Crippen molar-refractivity contribution in [1.29, 1.82) is 0 Å². The lowest BCUT2D eigenvalue weighted by molar-refractivity contribution is -0.119. The Kier molecular flexibility index (Phi) is 5.94. The monoisotopic (exact) mass is 363 g/mol. The van der Waals surface area contributed by atoms with E-state index >= 15 is 0 Å². The zero-order valence-electron chi connectivity index (χ0n) is 15.2. The molecule has 1 aromatic carbocycles. The van der Waals surface area contributed by atoms with E-state index in [1.54, 1.807) is 7.11 Å². The first-order valence-corrected chi connectivity index (χ1v) is 8.98. The summed E-state index contributed by atoms with van der Waals surface area (Å²) in [6.45, 7) is 7.95. The van der Waals surface area contributed by atoms with Gasteiger partial charge in [-0.05, 0) is 13.0 Å². The summed E-state index contributed by atoms with van der Waals surface area (Å²) in [6.07, 6.45) is 0. The van der Waals surface area contributed by atoms with Gasteiger partial charge in [0.2, 0.25) is 11.1 Å². The molecule has 0 saturated heterocycles. The van der Waals surface area contributed by atoms with Gasteiger partial charge in [-0.25, -0.2) is 4.68 Å². The summed E-state index contributed by atoms with van der Waals surface area (Å²) in [5.74, 6) is 7.56. The van der Waals surface area contributed by atoms with Crippen molar-refractivity contribution in [2.75, 3.05) is 18.7 Å². The molecule has 0 fully saturated rings. The normalized spacial score (nSPS) is 12.7. The third-order valence-corrected chi connectivity index (χ3v) is 4.59. The molecule has 0 radical (unpaired) electrons. The van der Waals surface area contributed by atoms with Gasteiger partial charge >= 0.3 is 0 Å². The van der Waals surface area contributed by atoms with E-state index in [-0.39, 0.29) is 23.1 Å². The summed E-state index contributed by atoms with van der Waals surface area (Å²) in [4.78, 5) is 12.2. The molecule has 1 aromatic heterocycles. The number of benzene rings is 1. The van der Waals surface area contributed by atoms with Crippen LogP contribution in [0.25, 0.3) is 0 Å². The van der Waals surface area contributed by atoms with Crippen LogP contribution in [0.4, 0.5) is 0 Å². The van der Waals surface area contributed by atoms with Crippen molar-refractivity contribution in [2.45, 2.75) is 44.3 Å². The fourth-order valence-corrected chi connectivity index (χ4v) is 3.07. The first-order valence-electron chi connectivity index (χ1n) is 8.00. The highest BCUT2D eigenvalue weighted by Crippen LogP contribution is 2.25. The number of carbonyl (C=O) groups excluding carboxylic acids is 1. The van der Waals surface area contributed by atoms with E-state index in [1.165, 1.54) is 16.4 Å². The van der Waals surface area contributed by atoms with Crippen LogP contribution in [0.1, 0.15) is 45.1 Å². The Morgan fingerprint density at radius 2 is 2.04 bits per heavy atom. The molecule has 1 atom stereocenters. The van der Waals surface area contributed by atoms with Gasteiger partial charge in [-0.2, -0.15) is 0 Å². The molecular weight excluding hydrogens is 338 g/mol. The van der Waals surface area contributed by atoms with Crippen LogP contribution >= 0.6 is 11.8 Å². The van der Waals surface area contributed by atoms with Crippen LogP contribution in [0.3, 0.4) is 0 Å². The molecule has 136 valence electrons. The van der Waals surface area contributed by atoms with Crippen molar-refractivity contribution < 1.29 is 9.53 Å². The molecule has 0 aliphatic rings. The zero-order chi connectivity index (χ0) is 18.6. The van der Waals surface area contributed by atoms with Crippen molar-refractivity contribution >= 4 is 17.7 Å². The Morgan fingerprint density at radius 3 is 2.64 bits per heavy atom. The van der Waals surface area contributed by atoms with Crippen LogP contribution < -0.4 is 15.9 Å². The predicted molar refractivity (Wildman–Crippen MR) is 99.1 cm³/mol. The van der Waals surface area contributed by atoms with Crippen LogP contribution in [-0.4, -0.2) is 33.6 Å². The molecule has 25 heavy (non-hydrogen) atoms. The molecule has 8 heteroatoms. The van der Waals surface area contributed by atoms with Gasteiger partial charge in [0, 0.05) is 11.0 Å². The van der Waals surface area contributed by atoms with E-state index < -0.39 is 0 Å². The first-order chi connectivity index (χ1) is 11.7.